The molecule has 0 atom stereocenters. The maximum Gasteiger partial charge on any atom is 0.265 e. The van der Waals surface area contributed by atoms with Crippen LogP contribution in [-0.2, 0) is 6.54 Å². The molecule has 2 rings (SSSR count). The molecule has 0 unspecified atom stereocenters. The van der Waals surface area contributed by atoms with Crippen molar-refractivity contribution in [3.05, 3.63) is 56.2 Å². The summed E-state index contributed by atoms with van der Waals surface area (Å²) in [5.41, 5.74) is 2.05. The molecule has 0 spiro atoms. The number of aryl methyl sites for hydroxylation is 1. The minimum atomic E-state index is -0.103. The summed E-state index contributed by atoms with van der Waals surface area (Å²) < 4.78 is 0.956. The fourth-order valence-corrected chi connectivity index (χ4v) is 3.31. The average molecular weight is 349 g/mol. The van der Waals surface area contributed by atoms with E-state index in [1.54, 1.807) is 4.90 Å². The summed E-state index contributed by atoms with van der Waals surface area (Å²) in [5, 5.41) is 8.92. The lowest BCUT2D eigenvalue weighted by molar-refractivity contribution is 0.0770. The van der Waals surface area contributed by atoms with E-state index in [0.717, 1.165) is 14.9 Å². The van der Waals surface area contributed by atoms with Crippen LogP contribution in [-0.4, -0.2) is 17.4 Å². The van der Waals surface area contributed by atoms with Gasteiger partial charge in [-0.3, -0.25) is 4.79 Å². The molecule has 3 nitrogen and oxygen atoms in total. The molecule has 1 aromatic heterocycles. The van der Waals surface area contributed by atoms with Crippen molar-refractivity contribution in [2.24, 2.45) is 0 Å². The van der Waals surface area contributed by atoms with Crippen molar-refractivity contribution in [2.45, 2.75) is 13.5 Å². The van der Waals surface area contributed by atoms with Crippen LogP contribution in [0.15, 0.2) is 40.2 Å². The summed E-state index contributed by atoms with van der Waals surface area (Å²) >= 11 is 4.83. The van der Waals surface area contributed by atoms with Gasteiger partial charge in [-0.25, -0.2) is 0 Å². The topological polar surface area (TPSA) is 44.1 Å². The van der Waals surface area contributed by atoms with Crippen molar-refractivity contribution >= 4 is 33.2 Å². The average Bonchev–Trinajstić information content (AvgIpc) is 2.78. The first-order chi connectivity index (χ1) is 9.61. The van der Waals surface area contributed by atoms with Gasteiger partial charge in [-0.1, -0.05) is 30.3 Å². The van der Waals surface area contributed by atoms with E-state index < -0.39 is 0 Å². The number of hydrogen-bond acceptors (Lipinski definition) is 3. The van der Waals surface area contributed by atoms with Crippen LogP contribution in [0.25, 0.3) is 0 Å². The lowest BCUT2D eigenvalue weighted by Crippen LogP contribution is -2.30. The van der Waals surface area contributed by atoms with Gasteiger partial charge in [-0.05, 0) is 40.0 Å². The van der Waals surface area contributed by atoms with Crippen LogP contribution in [0.4, 0.5) is 0 Å². The van der Waals surface area contributed by atoms with Gasteiger partial charge in [0.15, 0.2) is 0 Å². The monoisotopic (exact) mass is 348 g/mol. The zero-order valence-electron chi connectivity index (χ0n) is 11.0. The summed E-state index contributed by atoms with van der Waals surface area (Å²) in [6, 6.07) is 13.6. The predicted molar refractivity (Wildman–Crippen MR) is 83.6 cm³/mol. The molecular weight excluding hydrogens is 336 g/mol. The summed E-state index contributed by atoms with van der Waals surface area (Å²) in [5.74, 6) is -0.103. The molecule has 0 N–H and O–H groups in total. The molecule has 0 fully saturated rings. The first-order valence-corrected chi connectivity index (χ1v) is 7.69. The van der Waals surface area contributed by atoms with E-state index in [2.05, 4.69) is 22.0 Å². The minimum Gasteiger partial charge on any atom is -0.320 e. The van der Waals surface area contributed by atoms with E-state index in [1.807, 2.05) is 43.3 Å². The van der Waals surface area contributed by atoms with Crippen LogP contribution in [0.3, 0.4) is 0 Å². The number of thiophene rings is 1. The molecule has 1 heterocycles. The number of rotatable bonds is 4. The van der Waals surface area contributed by atoms with Crippen LogP contribution in [0, 0.1) is 18.3 Å². The van der Waals surface area contributed by atoms with Gasteiger partial charge in [0.1, 0.15) is 6.54 Å². The predicted octanol–water partition coefficient (Wildman–Crippen LogP) is 3.99. The van der Waals surface area contributed by atoms with Crippen LogP contribution >= 0.6 is 27.3 Å². The number of benzene rings is 1. The third kappa shape index (κ3) is 3.47. The Morgan fingerprint density at radius 1 is 1.40 bits per heavy atom. The lowest BCUT2D eigenvalue weighted by Gasteiger charge is -2.18. The summed E-state index contributed by atoms with van der Waals surface area (Å²) in [7, 11) is 0. The molecule has 2 aromatic rings. The van der Waals surface area contributed by atoms with Crippen LogP contribution in [0.5, 0.6) is 0 Å². The molecule has 0 aliphatic carbocycles. The standard InChI is InChI=1S/C15H13BrN2OS/c1-11-9-13(20-14(11)16)15(19)18(8-7-17)10-12-5-3-2-4-6-12/h2-6,9H,8,10H2,1H3. The van der Waals surface area contributed by atoms with Crippen molar-refractivity contribution in [3.63, 3.8) is 0 Å². The first kappa shape index (κ1) is 14.8. The number of carbonyl (C=O) groups is 1. The van der Waals surface area contributed by atoms with Gasteiger partial charge in [0, 0.05) is 6.54 Å². The Balaban J connectivity index is 2.20. The summed E-state index contributed by atoms with van der Waals surface area (Å²) in [6.07, 6.45) is 0. The SMILES string of the molecule is Cc1cc(C(=O)N(CC#N)Cc2ccccc2)sc1Br. The molecule has 1 aromatic carbocycles. The van der Waals surface area contributed by atoms with Crippen molar-refractivity contribution in [2.75, 3.05) is 6.54 Å². The normalized spacial score (nSPS) is 10.1. The Morgan fingerprint density at radius 3 is 2.65 bits per heavy atom. The molecule has 0 radical (unpaired) electrons. The van der Waals surface area contributed by atoms with Crippen LogP contribution in [0.2, 0.25) is 0 Å². The Kier molecular flexibility index (Phi) is 4.94. The third-order valence-corrected chi connectivity index (χ3v) is 4.96. The lowest BCUT2D eigenvalue weighted by atomic mass is 10.2. The van der Waals surface area contributed by atoms with Crippen LogP contribution < -0.4 is 0 Å². The number of hydrogen-bond donors (Lipinski definition) is 0. The second-order valence-electron chi connectivity index (χ2n) is 4.37. The van der Waals surface area contributed by atoms with E-state index >= 15 is 0 Å². The van der Waals surface area contributed by atoms with Gasteiger partial charge in [0.05, 0.1) is 14.7 Å². The molecule has 0 aliphatic rings. The Labute approximate surface area is 130 Å². The fourth-order valence-electron chi connectivity index (χ4n) is 1.81. The van der Waals surface area contributed by atoms with Crippen molar-refractivity contribution in [1.82, 2.24) is 4.90 Å². The maximum atomic E-state index is 12.5. The van der Waals surface area contributed by atoms with Crippen molar-refractivity contribution < 1.29 is 4.79 Å². The number of halogens is 1. The number of amides is 1. The van der Waals surface area contributed by atoms with Gasteiger partial charge >= 0.3 is 0 Å². The van der Waals surface area contributed by atoms with E-state index in [9.17, 15) is 4.79 Å². The second-order valence-corrected chi connectivity index (χ2v) is 6.74. The fraction of sp³-hybridized carbons (Fsp3) is 0.200. The zero-order chi connectivity index (χ0) is 14.5. The van der Waals surface area contributed by atoms with E-state index in [0.29, 0.717) is 11.4 Å². The van der Waals surface area contributed by atoms with Gasteiger partial charge in [-0.2, -0.15) is 5.26 Å². The van der Waals surface area contributed by atoms with Gasteiger partial charge < -0.3 is 4.90 Å². The molecule has 0 bridgehead atoms. The van der Waals surface area contributed by atoms with E-state index in [4.69, 9.17) is 5.26 Å². The Morgan fingerprint density at radius 2 is 2.10 bits per heavy atom. The van der Waals surface area contributed by atoms with Crippen molar-refractivity contribution in [1.29, 1.82) is 5.26 Å². The third-order valence-electron chi connectivity index (χ3n) is 2.83. The highest BCUT2D eigenvalue weighted by Gasteiger charge is 2.18. The zero-order valence-corrected chi connectivity index (χ0v) is 13.4. The first-order valence-electron chi connectivity index (χ1n) is 6.08. The second kappa shape index (κ2) is 6.69. The quantitative estimate of drug-likeness (QED) is 0.784. The Hall–Kier alpha value is -1.64. The van der Waals surface area contributed by atoms with Gasteiger partial charge in [-0.15, -0.1) is 11.3 Å². The molecule has 20 heavy (non-hydrogen) atoms. The smallest absolute Gasteiger partial charge is 0.265 e. The molecule has 1 amide bonds. The largest absolute Gasteiger partial charge is 0.320 e. The molecule has 0 saturated carbocycles. The highest BCUT2D eigenvalue weighted by atomic mass is 79.9. The maximum absolute atomic E-state index is 12.5. The number of nitriles is 1. The molecule has 5 heteroatoms. The highest BCUT2D eigenvalue weighted by Crippen LogP contribution is 2.28. The van der Waals surface area contributed by atoms with Gasteiger partial charge in [0.25, 0.3) is 5.91 Å². The van der Waals surface area contributed by atoms with E-state index in [-0.39, 0.29) is 12.5 Å². The number of carbonyl (C=O) groups excluding carboxylic acids is 1. The minimum absolute atomic E-state index is 0.0856. The highest BCUT2D eigenvalue weighted by molar-refractivity contribution is 9.11. The van der Waals surface area contributed by atoms with Crippen molar-refractivity contribution in [3.8, 4) is 6.07 Å². The molecule has 0 saturated heterocycles. The summed E-state index contributed by atoms with van der Waals surface area (Å²) in [4.78, 5) is 14.7. The van der Waals surface area contributed by atoms with Gasteiger partial charge in [0.2, 0.25) is 0 Å². The number of nitrogens with zero attached hydrogens (tertiary/aromatic N) is 2. The van der Waals surface area contributed by atoms with Crippen LogP contribution in [0.1, 0.15) is 20.8 Å². The molecular formula is C15H13BrN2OS. The summed E-state index contributed by atoms with van der Waals surface area (Å²) in [6.45, 7) is 2.48. The molecule has 102 valence electrons. The Bertz CT molecular complexity index is 626. The van der Waals surface area contributed by atoms with E-state index in [1.165, 1.54) is 11.3 Å². The molecule has 0 aliphatic heterocycles.